The van der Waals surface area contributed by atoms with Crippen LogP contribution in [0.15, 0.2) is 18.2 Å². The maximum atomic E-state index is 11.6. The van der Waals surface area contributed by atoms with Gasteiger partial charge in [0, 0.05) is 32.7 Å². The molecule has 1 aliphatic heterocycles. The van der Waals surface area contributed by atoms with Crippen LogP contribution in [0.5, 0.6) is 0 Å². The third-order valence-corrected chi connectivity index (χ3v) is 3.98. The molecule has 23 heavy (non-hydrogen) atoms. The van der Waals surface area contributed by atoms with E-state index in [1.807, 2.05) is 6.92 Å². The Morgan fingerprint density at radius 1 is 1.48 bits per heavy atom. The molecule has 7 heteroatoms. The number of nitrogens with one attached hydrogen (secondary N) is 1. The van der Waals surface area contributed by atoms with Gasteiger partial charge in [0.15, 0.2) is 0 Å². The summed E-state index contributed by atoms with van der Waals surface area (Å²) in [6.07, 6.45) is 3.25. The molecule has 1 fully saturated rings. The summed E-state index contributed by atoms with van der Waals surface area (Å²) in [6, 6.07) is 4.82. The van der Waals surface area contributed by atoms with Crippen molar-refractivity contribution in [3.63, 3.8) is 0 Å². The Morgan fingerprint density at radius 2 is 2.26 bits per heavy atom. The number of hydrogen-bond donors (Lipinski definition) is 1. The fraction of sp³-hybridized carbons (Fsp3) is 0.562. The van der Waals surface area contributed by atoms with E-state index < -0.39 is 4.92 Å². The molecule has 1 heterocycles. The molecule has 126 valence electrons. The Bertz CT molecular complexity index is 570. The first-order valence-electron chi connectivity index (χ1n) is 7.95. The number of carbonyl (C=O) groups is 1. The number of nitrogens with zero attached hydrogens (tertiary/aromatic N) is 2. The first kappa shape index (κ1) is 17.2. The largest absolute Gasteiger partial charge is 0.377 e. The molecular weight excluding hydrogens is 298 g/mol. The molecule has 1 amide bonds. The Kier molecular flexibility index (Phi) is 5.92. The number of nitro groups is 1. The van der Waals surface area contributed by atoms with Gasteiger partial charge in [0.1, 0.15) is 5.69 Å². The molecule has 0 aromatic heterocycles. The van der Waals surface area contributed by atoms with Crippen LogP contribution in [-0.2, 0) is 9.53 Å². The SMILES string of the molecule is CCN(C(C)=O)c1ccc(NCC2CCCCO2)c([N+](=O)[O-])c1. The van der Waals surface area contributed by atoms with E-state index in [9.17, 15) is 14.9 Å². The molecule has 7 nitrogen and oxygen atoms in total. The standard InChI is InChI=1S/C16H23N3O4/c1-3-18(12(2)20)13-7-8-15(16(10-13)19(21)22)17-11-14-6-4-5-9-23-14/h7-8,10,14,17H,3-6,9,11H2,1-2H3. The monoisotopic (exact) mass is 321 g/mol. The van der Waals surface area contributed by atoms with Gasteiger partial charge in [0.25, 0.3) is 5.69 Å². The van der Waals surface area contributed by atoms with Crippen molar-refractivity contribution in [1.29, 1.82) is 0 Å². The highest BCUT2D eigenvalue weighted by Gasteiger charge is 2.20. The van der Waals surface area contributed by atoms with E-state index in [1.165, 1.54) is 17.9 Å². The van der Waals surface area contributed by atoms with Crippen molar-refractivity contribution in [1.82, 2.24) is 0 Å². The van der Waals surface area contributed by atoms with Crippen LogP contribution in [0.2, 0.25) is 0 Å². The normalized spacial score (nSPS) is 17.6. The lowest BCUT2D eigenvalue weighted by Gasteiger charge is -2.23. The summed E-state index contributed by atoms with van der Waals surface area (Å²) in [5.41, 5.74) is 0.955. The molecule has 1 atom stereocenters. The summed E-state index contributed by atoms with van der Waals surface area (Å²) in [5, 5.41) is 14.4. The number of ether oxygens (including phenoxy) is 1. The van der Waals surface area contributed by atoms with Crippen LogP contribution in [0.4, 0.5) is 17.1 Å². The van der Waals surface area contributed by atoms with Gasteiger partial charge >= 0.3 is 0 Å². The summed E-state index contributed by atoms with van der Waals surface area (Å²) in [7, 11) is 0. The molecule has 1 saturated heterocycles. The second kappa shape index (κ2) is 7.92. The van der Waals surface area contributed by atoms with Gasteiger partial charge < -0.3 is 15.0 Å². The van der Waals surface area contributed by atoms with Gasteiger partial charge in [-0.15, -0.1) is 0 Å². The zero-order chi connectivity index (χ0) is 16.8. The second-order valence-electron chi connectivity index (χ2n) is 5.59. The highest BCUT2D eigenvalue weighted by Crippen LogP contribution is 2.30. The molecule has 1 aromatic carbocycles. The molecule has 1 N–H and O–H groups in total. The van der Waals surface area contributed by atoms with Crippen molar-refractivity contribution in [3.8, 4) is 0 Å². The minimum absolute atomic E-state index is 0.0296. The van der Waals surface area contributed by atoms with E-state index in [2.05, 4.69) is 5.32 Å². The van der Waals surface area contributed by atoms with E-state index in [-0.39, 0.29) is 17.7 Å². The summed E-state index contributed by atoms with van der Waals surface area (Å²) in [4.78, 5) is 24.0. The van der Waals surface area contributed by atoms with Crippen LogP contribution in [0.25, 0.3) is 0 Å². The van der Waals surface area contributed by atoms with Crippen molar-refractivity contribution in [2.75, 3.05) is 29.9 Å². The third kappa shape index (κ3) is 4.41. The van der Waals surface area contributed by atoms with E-state index in [0.29, 0.717) is 24.5 Å². The lowest BCUT2D eigenvalue weighted by Crippen LogP contribution is -2.28. The third-order valence-electron chi connectivity index (χ3n) is 3.98. The smallest absolute Gasteiger partial charge is 0.294 e. The van der Waals surface area contributed by atoms with Crippen LogP contribution in [0.3, 0.4) is 0 Å². The summed E-state index contributed by atoms with van der Waals surface area (Å²) < 4.78 is 5.63. The summed E-state index contributed by atoms with van der Waals surface area (Å²) in [5.74, 6) is -0.141. The molecule has 0 aliphatic carbocycles. The second-order valence-corrected chi connectivity index (χ2v) is 5.59. The van der Waals surface area contributed by atoms with Gasteiger partial charge in [-0.2, -0.15) is 0 Å². The zero-order valence-corrected chi connectivity index (χ0v) is 13.6. The Hall–Kier alpha value is -2.15. The van der Waals surface area contributed by atoms with Crippen molar-refractivity contribution in [2.45, 2.75) is 39.2 Å². The van der Waals surface area contributed by atoms with Gasteiger partial charge in [-0.05, 0) is 38.3 Å². The molecular formula is C16H23N3O4. The van der Waals surface area contributed by atoms with Gasteiger partial charge in [-0.3, -0.25) is 14.9 Å². The van der Waals surface area contributed by atoms with Crippen LogP contribution in [0, 0.1) is 10.1 Å². The molecule has 0 spiro atoms. The van der Waals surface area contributed by atoms with Gasteiger partial charge in [0.05, 0.1) is 16.7 Å². The Morgan fingerprint density at radius 3 is 2.83 bits per heavy atom. The lowest BCUT2D eigenvalue weighted by molar-refractivity contribution is -0.383. The van der Waals surface area contributed by atoms with Crippen molar-refractivity contribution in [3.05, 3.63) is 28.3 Å². The molecule has 0 radical (unpaired) electrons. The Balaban J connectivity index is 2.15. The number of amides is 1. The average molecular weight is 321 g/mol. The number of rotatable bonds is 6. The number of hydrogen-bond acceptors (Lipinski definition) is 5. The minimum Gasteiger partial charge on any atom is -0.377 e. The van der Waals surface area contributed by atoms with Crippen molar-refractivity contribution < 1.29 is 14.5 Å². The quantitative estimate of drug-likeness (QED) is 0.643. The highest BCUT2D eigenvalue weighted by atomic mass is 16.6. The van der Waals surface area contributed by atoms with Crippen LogP contribution < -0.4 is 10.2 Å². The van der Waals surface area contributed by atoms with Gasteiger partial charge in [-0.25, -0.2) is 0 Å². The highest BCUT2D eigenvalue weighted by molar-refractivity contribution is 5.92. The van der Waals surface area contributed by atoms with Crippen LogP contribution in [0.1, 0.15) is 33.1 Å². The van der Waals surface area contributed by atoms with E-state index >= 15 is 0 Å². The summed E-state index contributed by atoms with van der Waals surface area (Å²) >= 11 is 0. The molecule has 1 aromatic rings. The number of anilines is 2. The molecule has 1 aliphatic rings. The van der Waals surface area contributed by atoms with E-state index in [1.54, 1.807) is 12.1 Å². The first-order valence-corrected chi connectivity index (χ1v) is 7.95. The summed E-state index contributed by atoms with van der Waals surface area (Å²) in [6.45, 7) is 5.04. The number of carbonyl (C=O) groups excluding carboxylic acids is 1. The molecule has 1 unspecified atom stereocenters. The van der Waals surface area contributed by atoms with Crippen LogP contribution in [-0.4, -0.2) is 36.6 Å². The fourth-order valence-electron chi connectivity index (χ4n) is 2.77. The van der Waals surface area contributed by atoms with E-state index in [4.69, 9.17) is 4.74 Å². The molecule has 2 rings (SSSR count). The predicted molar refractivity (Wildman–Crippen MR) is 88.9 cm³/mol. The fourth-order valence-corrected chi connectivity index (χ4v) is 2.77. The average Bonchev–Trinajstić information content (AvgIpc) is 2.54. The van der Waals surface area contributed by atoms with Gasteiger partial charge in [-0.1, -0.05) is 0 Å². The maximum Gasteiger partial charge on any atom is 0.294 e. The van der Waals surface area contributed by atoms with Crippen molar-refractivity contribution >= 4 is 23.0 Å². The Labute approximate surface area is 135 Å². The molecule has 0 bridgehead atoms. The van der Waals surface area contributed by atoms with Crippen LogP contribution >= 0.6 is 0 Å². The van der Waals surface area contributed by atoms with Gasteiger partial charge in [0.2, 0.25) is 5.91 Å². The predicted octanol–water partition coefficient (Wildman–Crippen LogP) is 2.95. The number of nitro benzene ring substituents is 1. The molecule has 0 saturated carbocycles. The maximum absolute atomic E-state index is 11.6. The number of benzene rings is 1. The topological polar surface area (TPSA) is 84.7 Å². The zero-order valence-electron chi connectivity index (χ0n) is 13.6. The minimum atomic E-state index is -0.429. The first-order chi connectivity index (χ1) is 11.0. The lowest BCUT2D eigenvalue weighted by atomic mass is 10.1. The van der Waals surface area contributed by atoms with Crippen molar-refractivity contribution in [2.24, 2.45) is 0 Å². The van der Waals surface area contributed by atoms with E-state index in [0.717, 1.165) is 25.9 Å².